The van der Waals surface area contributed by atoms with E-state index < -0.39 is 0 Å². The first-order chi connectivity index (χ1) is 9.68. The largest absolute Gasteiger partial charge is 0.316 e. The van der Waals surface area contributed by atoms with E-state index in [0.29, 0.717) is 11.5 Å². The monoisotopic (exact) mass is 353 g/mol. The van der Waals surface area contributed by atoms with Gasteiger partial charge in [0.2, 0.25) is 0 Å². The first kappa shape index (κ1) is 13.8. The summed E-state index contributed by atoms with van der Waals surface area (Å²) in [7, 11) is 2.19. The van der Waals surface area contributed by atoms with Crippen molar-refractivity contribution in [1.82, 2.24) is 5.32 Å². The quantitative estimate of drug-likeness (QED) is 0.814. The van der Waals surface area contributed by atoms with E-state index in [1.807, 2.05) is 11.3 Å². The fraction of sp³-hybridized carbons (Fsp3) is 0.765. The van der Waals surface area contributed by atoms with Crippen molar-refractivity contribution in [2.45, 2.75) is 51.0 Å². The molecule has 5 rings (SSSR count). The lowest BCUT2D eigenvalue weighted by atomic mass is 9.47. The molecule has 0 aliphatic heterocycles. The van der Waals surface area contributed by atoms with Gasteiger partial charge in [-0.2, -0.15) is 0 Å². The summed E-state index contributed by atoms with van der Waals surface area (Å²) in [6, 6.07) is 2.87. The van der Waals surface area contributed by atoms with Crippen LogP contribution in [0, 0.1) is 23.2 Å². The maximum absolute atomic E-state index is 3.72. The molecule has 1 aromatic heterocycles. The van der Waals surface area contributed by atoms with E-state index >= 15 is 0 Å². The van der Waals surface area contributed by atoms with Crippen LogP contribution in [0.1, 0.15) is 43.4 Å². The molecule has 0 spiro atoms. The highest BCUT2D eigenvalue weighted by Gasteiger charge is 2.53. The van der Waals surface area contributed by atoms with E-state index in [2.05, 4.69) is 39.7 Å². The van der Waals surface area contributed by atoms with Crippen molar-refractivity contribution in [3.05, 3.63) is 20.8 Å². The van der Waals surface area contributed by atoms with Crippen molar-refractivity contribution in [3.8, 4) is 0 Å². The molecule has 1 nitrogen and oxygen atoms in total. The Hall–Kier alpha value is 0.140. The third-order valence-electron chi connectivity index (χ3n) is 6.25. The Balaban J connectivity index is 1.59. The molecule has 1 N–H and O–H groups in total. The number of halogens is 1. The highest BCUT2D eigenvalue weighted by atomic mass is 79.9. The van der Waals surface area contributed by atoms with Gasteiger partial charge in [-0.3, -0.25) is 0 Å². The molecule has 4 aliphatic carbocycles. The maximum atomic E-state index is 3.72. The van der Waals surface area contributed by atoms with Gasteiger partial charge in [0.15, 0.2) is 0 Å². The second-order valence-electron chi connectivity index (χ2n) is 7.52. The van der Waals surface area contributed by atoms with Crippen LogP contribution in [0.2, 0.25) is 0 Å². The molecule has 1 heterocycles. The summed E-state index contributed by atoms with van der Waals surface area (Å²) in [5.41, 5.74) is 0.604. The molecule has 1 unspecified atom stereocenters. The second-order valence-corrected chi connectivity index (χ2v) is 9.37. The Labute approximate surface area is 134 Å². The zero-order valence-electron chi connectivity index (χ0n) is 12.2. The molecule has 4 saturated carbocycles. The van der Waals surface area contributed by atoms with E-state index in [4.69, 9.17) is 0 Å². The highest BCUT2D eigenvalue weighted by Crippen LogP contribution is 2.61. The predicted molar refractivity (Wildman–Crippen MR) is 89.2 cm³/mol. The molecule has 0 radical (unpaired) electrons. The zero-order valence-corrected chi connectivity index (χ0v) is 14.6. The summed E-state index contributed by atoms with van der Waals surface area (Å²) in [6.07, 6.45) is 10.3. The van der Waals surface area contributed by atoms with Gasteiger partial charge >= 0.3 is 0 Å². The van der Waals surface area contributed by atoms with Gasteiger partial charge in [0.05, 0.1) is 0 Å². The number of hydrogen-bond acceptors (Lipinski definition) is 2. The van der Waals surface area contributed by atoms with Crippen molar-refractivity contribution < 1.29 is 0 Å². The summed E-state index contributed by atoms with van der Waals surface area (Å²) >= 11 is 5.63. The summed E-state index contributed by atoms with van der Waals surface area (Å²) in [5, 5.41) is 5.92. The van der Waals surface area contributed by atoms with Gasteiger partial charge in [0.25, 0.3) is 0 Å². The van der Waals surface area contributed by atoms with Crippen LogP contribution in [0.25, 0.3) is 0 Å². The number of thiophene rings is 1. The van der Waals surface area contributed by atoms with Crippen molar-refractivity contribution in [2.24, 2.45) is 23.2 Å². The van der Waals surface area contributed by atoms with E-state index in [1.165, 1.54) is 54.3 Å². The number of hydrogen-bond donors (Lipinski definition) is 1. The molecule has 20 heavy (non-hydrogen) atoms. The summed E-state index contributed by atoms with van der Waals surface area (Å²) in [5.74, 6) is 3.14. The van der Waals surface area contributed by atoms with E-state index in [-0.39, 0.29) is 0 Å². The summed E-state index contributed by atoms with van der Waals surface area (Å²) < 4.78 is 1.31. The van der Waals surface area contributed by atoms with Crippen molar-refractivity contribution in [2.75, 3.05) is 7.05 Å². The molecule has 3 heteroatoms. The lowest BCUT2D eigenvalue weighted by Crippen LogP contribution is -2.56. The van der Waals surface area contributed by atoms with Crippen molar-refractivity contribution in [3.63, 3.8) is 0 Å². The SMILES string of the molecule is CNC(Cc1sccc1Br)C12CC3CC(CC(C3)C1)C2. The second kappa shape index (κ2) is 5.10. The average molecular weight is 354 g/mol. The lowest BCUT2D eigenvalue weighted by molar-refractivity contribution is -0.0723. The van der Waals surface area contributed by atoms with Crippen LogP contribution in [0.5, 0.6) is 0 Å². The van der Waals surface area contributed by atoms with Gasteiger partial charge in [-0.1, -0.05) is 0 Å². The van der Waals surface area contributed by atoms with Crippen molar-refractivity contribution >= 4 is 27.3 Å². The number of nitrogens with one attached hydrogen (secondary N) is 1. The molecule has 4 aliphatic rings. The summed E-state index contributed by atoms with van der Waals surface area (Å²) in [4.78, 5) is 1.53. The van der Waals surface area contributed by atoms with Crippen LogP contribution < -0.4 is 5.32 Å². The molecular formula is C17H24BrNS. The number of likely N-dealkylation sites (N-methyl/N-ethyl adjacent to an activating group) is 1. The minimum Gasteiger partial charge on any atom is -0.316 e. The Morgan fingerprint density at radius 1 is 1.25 bits per heavy atom. The lowest BCUT2D eigenvalue weighted by Gasteiger charge is -2.59. The minimum absolute atomic E-state index is 0.604. The normalized spacial score (nSPS) is 40.2. The van der Waals surface area contributed by atoms with Gasteiger partial charge in [0, 0.05) is 15.4 Å². The standard InChI is InChI=1S/C17H24BrNS/c1-19-16(7-15-14(18)2-3-20-15)17-8-11-4-12(9-17)6-13(5-11)10-17/h2-3,11-13,16,19H,4-10H2,1H3. The van der Waals surface area contributed by atoms with E-state index in [9.17, 15) is 0 Å². The van der Waals surface area contributed by atoms with Crippen LogP contribution in [-0.2, 0) is 6.42 Å². The zero-order chi connectivity index (χ0) is 13.7. The fourth-order valence-electron chi connectivity index (χ4n) is 5.89. The Kier molecular flexibility index (Phi) is 3.51. The van der Waals surface area contributed by atoms with Crippen LogP contribution in [0.15, 0.2) is 15.9 Å². The van der Waals surface area contributed by atoms with E-state index in [1.54, 1.807) is 0 Å². The topological polar surface area (TPSA) is 12.0 Å². The third kappa shape index (κ3) is 2.21. The van der Waals surface area contributed by atoms with Crippen LogP contribution in [0.4, 0.5) is 0 Å². The Morgan fingerprint density at radius 2 is 1.85 bits per heavy atom. The average Bonchev–Trinajstić information content (AvgIpc) is 2.79. The first-order valence-corrected chi connectivity index (χ1v) is 9.75. The smallest absolute Gasteiger partial charge is 0.0314 e. The van der Waals surface area contributed by atoms with Gasteiger partial charge in [-0.15, -0.1) is 11.3 Å². The highest BCUT2D eigenvalue weighted by molar-refractivity contribution is 9.10. The molecule has 1 aromatic rings. The van der Waals surface area contributed by atoms with E-state index in [0.717, 1.165) is 17.8 Å². The molecule has 0 aromatic carbocycles. The Morgan fingerprint density at radius 3 is 2.30 bits per heavy atom. The third-order valence-corrected chi connectivity index (χ3v) is 8.20. The van der Waals surface area contributed by atoms with Gasteiger partial charge in [-0.25, -0.2) is 0 Å². The van der Waals surface area contributed by atoms with Gasteiger partial charge < -0.3 is 5.32 Å². The Bertz CT molecular complexity index is 460. The van der Waals surface area contributed by atoms with Gasteiger partial charge in [0.1, 0.15) is 0 Å². The van der Waals surface area contributed by atoms with Crippen molar-refractivity contribution in [1.29, 1.82) is 0 Å². The van der Waals surface area contributed by atoms with Crippen LogP contribution in [-0.4, -0.2) is 13.1 Å². The predicted octanol–water partition coefficient (Wildman–Crippen LogP) is 4.86. The molecule has 1 atom stereocenters. The molecule has 110 valence electrons. The van der Waals surface area contributed by atoms with Gasteiger partial charge in [-0.05, 0) is 103 Å². The molecule has 0 amide bonds. The molecule has 4 fully saturated rings. The van der Waals surface area contributed by atoms with Crippen LogP contribution >= 0.6 is 27.3 Å². The number of rotatable bonds is 4. The van der Waals surface area contributed by atoms with Crippen LogP contribution in [0.3, 0.4) is 0 Å². The molecular weight excluding hydrogens is 330 g/mol. The minimum atomic E-state index is 0.604. The molecule has 0 saturated heterocycles. The fourth-order valence-corrected chi connectivity index (χ4v) is 7.45. The first-order valence-electron chi connectivity index (χ1n) is 8.07. The maximum Gasteiger partial charge on any atom is 0.0314 e. The summed E-state index contributed by atoms with van der Waals surface area (Å²) in [6.45, 7) is 0. The molecule has 4 bridgehead atoms.